The standard InChI is InChI=1S/C14H19N3/c1-11-9-12(2)17(16-11)10-14-6-4-3-5-13(14)7-8-15/h3-6,9H,7-8,10,15H2,1-2H3. The number of nitrogens with zero attached hydrogens (tertiary/aromatic N) is 2. The van der Waals surface area contributed by atoms with Crippen LogP contribution in [0.5, 0.6) is 0 Å². The van der Waals surface area contributed by atoms with Gasteiger partial charge in [-0.05, 0) is 44.0 Å². The van der Waals surface area contributed by atoms with Crippen molar-refractivity contribution in [2.24, 2.45) is 5.73 Å². The Kier molecular flexibility index (Phi) is 3.59. The van der Waals surface area contributed by atoms with Crippen molar-refractivity contribution in [3.8, 4) is 0 Å². The number of benzene rings is 1. The van der Waals surface area contributed by atoms with Crippen molar-refractivity contribution in [3.63, 3.8) is 0 Å². The average Bonchev–Trinajstić information content (AvgIpc) is 2.61. The first-order valence-corrected chi connectivity index (χ1v) is 5.98. The molecule has 90 valence electrons. The molecule has 2 aromatic rings. The van der Waals surface area contributed by atoms with Crippen molar-refractivity contribution in [1.82, 2.24) is 9.78 Å². The normalized spacial score (nSPS) is 10.8. The third-order valence-corrected chi connectivity index (χ3v) is 2.96. The minimum absolute atomic E-state index is 0.689. The summed E-state index contributed by atoms with van der Waals surface area (Å²) in [6.07, 6.45) is 0.926. The van der Waals surface area contributed by atoms with Gasteiger partial charge >= 0.3 is 0 Å². The third kappa shape index (κ3) is 2.74. The number of hydrogen-bond donors (Lipinski definition) is 1. The number of aromatic nitrogens is 2. The van der Waals surface area contributed by atoms with Crippen molar-refractivity contribution in [2.45, 2.75) is 26.8 Å². The highest BCUT2D eigenvalue weighted by atomic mass is 15.3. The molecule has 17 heavy (non-hydrogen) atoms. The highest BCUT2D eigenvalue weighted by Gasteiger charge is 2.05. The number of nitrogens with two attached hydrogens (primary N) is 1. The lowest BCUT2D eigenvalue weighted by molar-refractivity contribution is 0.654. The minimum atomic E-state index is 0.689. The molecule has 1 heterocycles. The van der Waals surface area contributed by atoms with E-state index in [9.17, 15) is 0 Å². The number of aryl methyl sites for hydroxylation is 2. The summed E-state index contributed by atoms with van der Waals surface area (Å²) >= 11 is 0. The van der Waals surface area contributed by atoms with Gasteiger partial charge in [-0.15, -0.1) is 0 Å². The monoisotopic (exact) mass is 229 g/mol. The molecule has 2 rings (SSSR count). The Hall–Kier alpha value is -1.61. The predicted molar refractivity (Wildman–Crippen MR) is 70.0 cm³/mol. The second kappa shape index (κ2) is 5.15. The Labute approximate surface area is 102 Å². The Morgan fingerprint density at radius 2 is 1.88 bits per heavy atom. The van der Waals surface area contributed by atoms with Gasteiger partial charge in [-0.25, -0.2) is 0 Å². The van der Waals surface area contributed by atoms with Gasteiger partial charge in [-0.2, -0.15) is 5.10 Å². The molecule has 0 aliphatic carbocycles. The van der Waals surface area contributed by atoms with Crippen LogP contribution in [-0.4, -0.2) is 16.3 Å². The van der Waals surface area contributed by atoms with Gasteiger partial charge in [0.1, 0.15) is 0 Å². The maximum atomic E-state index is 5.63. The van der Waals surface area contributed by atoms with E-state index in [1.807, 2.05) is 11.6 Å². The fraction of sp³-hybridized carbons (Fsp3) is 0.357. The van der Waals surface area contributed by atoms with Crippen LogP contribution in [0.15, 0.2) is 30.3 Å². The van der Waals surface area contributed by atoms with Crippen molar-refractivity contribution in [2.75, 3.05) is 6.54 Å². The molecule has 0 spiro atoms. The van der Waals surface area contributed by atoms with Crippen LogP contribution in [-0.2, 0) is 13.0 Å². The molecule has 0 radical (unpaired) electrons. The highest BCUT2D eigenvalue weighted by molar-refractivity contribution is 5.28. The van der Waals surface area contributed by atoms with Gasteiger partial charge < -0.3 is 5.73 Å². The molecule has 0 aliphatic rings. The summed E-state index contributed by atoms with van der Waals surface area (Å²) < 4.78 is 2.05. The van der Waals surface area contributed by atoms with Crippen LogP contribution in [0.25, 0.3) is 0 Å². The largest absolute Gasteiger partial charge is 0.330 e. The fourth-order valence-corrected chi connectivity index (χ4v) is 2.11. The van der Waals surface area contributed by atoms with Gasteiger partial charge in [0.05, 0.1) is 12.2 Å². The van der Waals surface area contributed by atoms with Crippen molar-refractivity contribution >= 4 is 0 Å². The van der Waals surface area contributed by atoms with E-state index in [1.165, 1.54) is 16.8 Å². The van der Waals surface area contributed by atoms with Crippen molar-refractivity contribution < 1.29 is 0 Å². The third-order valence-electron chi connectivity index (χ3n) is 2.96. The summed E-state index contributed by atoms with van der Waals surface area (Å²) in [5, 5.41) is 4.49. The van der Waals surface area contributed by atoms with E-state index in [0.29, 0.717) is 6.54 Å². The summed E-state index contributed by atoms with van der Waals surface area (Å²) in [7, 11) is 0. The Morgan fingerprint density at radius 3 is 2.47 bits per heavy atom. The summed E-state index contributed by atoms with van der Waals surface area (Å²) in [6, 6.07) is 10.5. The first-order valence-electron chi connectivity index (χ1n) is 5.98. The molecule has 0 saturated heterocycles. The molecule has 1 aromatic carbocycles. The lowest BCUT2D eigenvalue weighted by atomic mass is 10.0. The lowest BCUT2D eigenvalue weighted by Gasteiger charge is -2.10. The molecule has 0 bridgehead atoms. The van der Waals surface area contributed by atoms with Crippen LogP contribution in [0.2, 0.25) is 0 Å². The molecule has 0 saturated carbocycles. The van der Waals surface area contributed by atoms with Gasteiger partial charge in [0.2, 0.25) is 0 Å². The summed E-state index contributed by atoms with van der Waals surface area (Å²) in [6.45, 7) is 5.63. The summed E-state index contributed by atoms with van der Waals surface area (Å²) in [5.41, 5.74) is 10.5. The van der Waals surface area contributed by atoms with Crippen molar-refractivity contribution in [1.29, 1.82) is 0 Å². The van der Waals surface area contributed by atoms with E-state index in [1.54, 1.807) is 0 Å². The lowest BCUT2D eigenvalue weighted by Crippen LogP contribution is -2.09. The predicted octanol–water partition coefficient (Wildman–Crippen LogP) is 2.05. The molecular formula is C14H19N3. The second-order valence-corrected chi connectivity index (χ2v) is 4.39. The SMILES string of the molecule is Cc1cc(C)n(Cc2ccccc2CCN)n1. The molecule has 0 aliphatic heterocycles. The fourth-order valence-electron chi connectivity index (χ4n) is 2.11. The maximum absolute atomic E-state index is 5.63. The summed E-state index contributed by atoms with van der Waals surface area (Å²) in [5.74, 6) is 0. The molecular weight excluding hydrogens is 210 g/mol. The van der Waals surface area contributed by atoms with E-state index in [-0.39, 0.29) is 0 Å². The zero-order valence-corrected chi connectivity index (χ0v) is 10.5. The Morgan fingerprint density at radius 1 is 1.18 bits per heavy atom. The Bertz CT molecular complexity index is 500. The van der Waals surface area contributed by atoms with Gasteiger partial charge in [-0.1, -0.05) is 24.3 Å². The highest BCUT2D eigenvalue weighted by Crippen LogP contribution is 2.12. The molecule has 0 amide bonds. The van der Waals surface area contributed by atoms with Crippen LogP contribution in [0, 0.1) is 13.8 Å². The Balaban J connectivity index is 2.26. The summed E-state index contributed by atoms with van der Waals surface area (Å²) in [4.78, 5) is 0. The first kappa shape index (κ1) is 11.9. The van der Waals surface area contributed by atoms with Crippen LogP contribution in [0.3, 0.4) is 0 Å². The average molecular weight is 229 g/mol. The molecule has 0 unspecified atom stereocenters. The molecule has 3 heteroatoms. The van der Waals surface area contributed by atoms with Gasteiger partial charge in [0, 0.05) is 5.69 Å². The molecule has 1 aromatic heterocycles. The van der Waals surface area contributed by atoms with E-state index >= 15 is 0 Å². The maximum Gasteiger partial charge on any atom is 0.0665 e. The number of hydrogen-bond acceptors (Lipinski definition) is 2. The quantitative estimate of drug-likeness (QED) is 0.872. The molecule has 0 atom stereocenters. The zero-order valence-electron chi connectivity index (χ0n) is 10.5. The van der Waals surface area contributed by atoms with E-state index < -0.39 is 0 Å². The van der Waals surface area contributed by atoms with Gasteiger partial charge in [-0.3, -0.25) is 4.68 Å². The second-order valence-electron chi connectivity index (χ2n) is 4.39. The van der Waals surface area contributed by atoms with Crippen molar-refractivity contribution in [3.05, 3.63) is 52.8 Å². The smallest absolute Gasteiger partial charge is 0.0665 e. The van der Waals surface area contributed by atoms with E-state index in [4.69, 9.17) is 5.73 Å². The van der Waals surface area contributed by atoms with Crippen LogP contribution >= 0.6 is 0 Å². The van der Waals surface area contributed by atoms with Crippen LogP contribution < -0.4 is 5.73 Å². The molecule has 2 N–H and O–H groups in total. The van der Waals surface area contributed by atoms with E-state index in [0.717, 1.165) is 18.7 Å². The minimum Gasteiger partial charge on any atom is -0.330 e. The number of rotatable bonds is 4. The topological polar surface area (TPSA) is 43.8 Å². The van der Waals surface area contributed by atoms with Crippen LogP contribution in [0.4, 0.5) is 0 Å². The van der Waals surface area contributed by atoms with E-state index in [2.05, 4.69) is 42.4 Å². The van der Waals surface area contributed by atoms with Gasteiger partial charge in [0.15, 0.2) is 0 Å². The molecule has 0 fully saturated rings. The molecule has 3 nitrogen and oxygen atoms in total. The zero-order chi connectivity index (χ0) is 12.3. The van der Waals surface area contributed by atoms with Crippen LogP contribution in [0.1, 0.15) is 22.5 Å². The first-order chi connectivity index (χ1) is 8.20. The van der Waals surface area contributed by atoms with Gasteiger partial charge in [0.25, 0.3) is 0 Å².